The number of aliphatic hydroxyl groups excluding tert-OH is 1. The van der Waals surface area contributed by atoms with Crippen LogP contribution in [-0.4, -0.2) is 74.0 Å². The molecule has 0 fully saturated rings. The molecule has 0 radical (unpaired) electrons. The zero-order chi connectivity index (χ0) is 34.4. The molecule has 12 heteroatoms. The Labute approximate surface area is 281 Å². The van der Waals surface area contributed by atoms with E-state index in [-0.39, 0.29) is 46.6 Å². The van der Waals surface area contributed by atoms with Gasteiger partial charge in [-0.05, 0) is 74.1 Å². The first-order valence-electron chi connectivity index (χ1n) is 15.7. The molecule has 0 saturated heterocycles. The molecule has 4 aromatic rings. The second kappa shape index (κ2) is 14.9. The number of hydrogen-bond donors (Lipinski definition) is 4. The maximum atomic E-state index is 13.8. The number of aliphatic hydroxyl groups is 1. The van der Waals surface area contributed by atoms with Gasteiger partial charge in [0.1, 0.15) is 11.9 Å². The van der Waals surface area contributed by atoms with Gasteiger partial charge in [-0.1, -0.05) is 49.4 Å². The number of fused-ring (bicyclic) bond motifs is 1. The SMILES string of the molecule is C[C@H]1CN([C@@H](C)CO)C(=O)c2cc(NS(=O)(=O)c3ccccc3)ccc2O[C@@H]1CN(C)Cc1ccc(C(=O)Nc2ccccc2N)cc1. The van der Waals surface area contributed by atoms with E-state index >= 15 is 0 Å². The fraction of sp³-hybridized carbons (Fsp3) is 0.278. The van der Waals surface area contributed by atoms with Gasteiger partial charge in [-0.15, -0.1) is 0 Å². The first kappa shape index (κ1) is 34.4. The number of rotatable bonds is 11. The number of benzene rings is 4. The molecule has 252 valence electrons. The van der Waals surface area contributed by atoms with Crippen LogP contribution < -0.4 is 20.5 Å². The second-order valence-electron chi connectivity index (χ2n) is 12.2. The lowest BCUT2D eigenvalue weighted by atomic mass is 9.99. The third-order valence-electron chi connectivity index (χ3n) is 8.34. The summed E-state index contributed by atoms with van der Waals surface area (Å²) in [6, 6.07) is 26.6. The summed E-state index contributed by atoms with van der Waals surface area (Å²) >= 11 is 0. The largest absolute Gasteiger partial charge is 0.488 e. The zero-order valence-electron chi connectivity index (χ0n) is 27.2. The fourth-order valence-electron chi connectivity index (χ4n) is 5.57. The second-order valence-corrected chi connectivity index (χ2v) is 13.9. The third kappa shape index (κ3) is 8.14. The molecule has 2 amide bonds. The summed E-state index contributed by atoms with van der Waals surface area (Å²) < 4.78 is 35.0. The van der Waals surface area contributed by atoms with Gasteiger partial charge in [-0.2, -0.15) is 0 Å². The van der Waals surface area contributed by atoms with E-state index in [2.05, 4.69) is 14.9 Å². The fourth-order valence-corrected chi connectivity index (χ4v) is 6.64. The van der Waals surface area contributed by atoms with Gasteiger partial charge >= 0.3 is 0 Å². The van der Waals surface area contributed by atoms with Gasteiger partial charge in [0, 0.05) is 36.8 Å². The number of carbonyl (C=O) groups excluding carboxylic acids is 2. The van der Waals surface area contributed by atoms with Crippen molar-refractivity contribution in [2.24, 2.45) is 5.92 Å². The minimum Gasteiger partial charge on any atom is -0.488 e. The lowest BCUT2D eigenvalue weighted by Crippen LogP contribution is -2.49. The number of ether oxygens (including phenoxy) is 1. The van der Waals surface area contributed by atoms with Crippen LogP contribution in [0.2, 0.25) is 0 Å². The van der Waals surface area contributed by atoms with Crippen LogP contribution >= 0.6 is 0 Å². The summed E-state index contributed by atoms with van der Waals surface area (Å²) in [6.07, 6.45) is -0.344. The molecular formula is C36H41N5O6S. The highest BCUT2D eigenvalue weighted by Gasteiger charge is 2.34. The van der Waals surface area contributed by atoms with Crippen molar-refractivity contribution in [3.05, 3.63) is 114 Å². The molecular weight excluding hydrogens is 630 g/mol. The molecule has 1 aliphatic heterocycles. The molecule has 0 saturated carbocycles. The molecule has 48 heavy (non-hydrogen) atoms. The number of nitrogens with zero attached hydrogens (tertiary/aromatic N) is 2. The highest BCUT2D eigenvalue weighted by Crippen LogP contribution is 2.31. The number of nitrogens with one attached hydrogen (secondary N) is 2. The standard InChI is InChI=1S/C36H41N5O6S/c1-24-20-41(25(2)23-42)36(44)30-19-28(39-48(45,46)29-9-5-4-6-10-29)17-18-33(30)47-34(24)22-40(3)21-26-13-15-27(16-14-26)35(43)38-32-12-8-7-11-31(32)37/h4-19,24-25,34,39,42H,20-23,37H2,1-3H3,(H,38,43)/t24-,25-,34+/m0/s1. The number of amides is 2. The van der Waals surface area contributed by atoms with E-state index in [0.29, 0.717) is 42.3 Å². The third-order valence-corrected chi connectivity index (χ3v) is 9.74. The summed E-state index contributed by atoms with van der Waals surface area (Å²) in [6.45, 7) is 4.95. The van der Waals surface area contributed by atoms with Crippen LogP contribution in [0.15, 0.2) is 102 Å². The van der Waals surface area contributed by atoms with Gasteiger partial charge in [-0.25, -0.2) is 8.42 Å². The topological polar surface area (TPSA) is 154 Å². The van der Waals surface area contributed by atoms with Gasteiger partial charge in [-0.3, -0.25) is 19.2 Å². The number of nitrogens with two attached hydrogens (primary N) is 1. The van der Waals surface area contributed by atoms with Crippen molar-refractivity contribution < 1.29 is 27.9 Å². The van der Waals surface area contributed by atoms with Crippen molar-refractivity contribution >= 4 is 38.9 Å². The Morgan fingerprint density at radius 2 is 1.73 bits per heavy atom. The Morgan fingerprint density at radius 3 is 2.42 bits per heavy atom. The number of carbonyl (C=O) groups is 2. The quantitative estimate of drug-likeness (QED) is 0.168. The monoisotopic (exact) mass is 671 g/mol. The number of anilines is 3. The molecule has 0 aromatic heterocycles. The molecule has 4 aromatic carbocycles. The molecule has 0 bridgehead atoms. The molecule has 0 unspecified atom stereocenters. The molecule has 3 atom stereocenters. The summed E-state index contributed by atoms with van der Waals surface area (Å²) in [4.78, 5) is 30.4. The number of hydrogen-bond acceptors (Lipinski definition) is 8. The smallest absolute Gasteiger partial charge is 0.261 e. The number of sulfonamides is 1. The Morgan fingerprint density at radius 1 is 1.04 bits per heavy atom. The highest BCUT2D eigenvalue weighted by molar-refractivity contribution is 7.92. The number of para-hydroxylation sites is 2. The molecule has 1 aliphatic rings. The van der Waals surface area contributed by atoms with E-state index in [1.54, 1.807) is 78.6 Å². The van der Waals surface area contributed by atoms with E-state index in [4.69, 9.17) is 10.5 Å². The van der Waals surface area contributed by atoms with Gasteiger partial charge in [0.2, 0.25) is 0 Å². The summed E-state index contributed by atoms with van der Waals surface area (Å²) in [5.41, 5.74) is 8.92. The molecule has 11 nitrogen and oxygen atoms in total. The predicted molar refractivity (Wildman–Crippen MR) is 186 cm³/mol. The van der Waals surface area contributed by atoms with Gasteiger partial charge in [0.25, 0.3) is 21.8 Å². The highest BCUT2D eigenvalue weighted by atomic mass is 32.2. The minimum atomic E-state index is -3.89. The van der Waals surface area contributed by atoms with Crippen molar-refractivity contribution in [2.45, 2.75) is 37.4 Å². The number of nitrogen functional groups attached to an aromatic ring is 1. The normalized spacial score (nSPS) is 17.1. The lowest BCUT2D eigenvalue weighted by molar-refractivity contribution is 0.0341. The first-order chi connectivity index (χ1) is 22.9. The number of likely N-dealkylation sites (N-methyl/N-ethyl adjacent to an activating group) is 1. The summed E-state index contributed by atoms with van der Waals surface area (Å²) in [5, 5.41) is 12.8. The van der Waals surface area contributed by atoms with Crippen molar-refractivity contribution in [3.63, 3.8) is 0 Å². The lowest BCUT2D eigenvalue weighted by Gasteiger charge is -2.38. The molecule has 0 aliphatic carbocycles. The van der Waals surface area contributed by atoms with Crippen LogP contribution in [0.3, 0.4) is 0 Å². The average Bonchev–Trinajstić information content (AvgIpc) is 3.07. The van der Waals surface area contributed by atoms with Crippen molar-refractivity contribution in [1.82, 2.24) is 9.80 Å². The summed E-state index contributed by atoms with van der Waals surface area (Å²) in [5.74, 6) is -0.385. The summed E-state index contributed by atoms with van der Waals surface area (Å²) in [7, 11) is -1.92. The minimum absolute atomic E-state index is 0.0991. The predicted octanol–water partition coefficient (Wildman–Crippen LogP) is 4.67. The maximum Gasteiger partial charge on any atom is 0.261 e. The molecule has 5 rings (SSSR count). The van der Waals surface area contributed by atoms with Gasteiger partial charge in [0.05, 0.1) is 34.5 Å². The Hall–Kier alpha value is -4.91. The van der Waals surface area contributed by atoms with Crippen LogP contribution in [0.1, 0.15) is 40.1 Å². The Bertz CT molecular complexity index is 1850. The van der Waals surface area contributed by atoms with E-state index < -0.39 is 16.1 Å². The van der Waals surface area contributed by atoms with E-state index in [1.165, 1.54) is 18.2 Å². The zero-order valence-corrected chi connectivity index (χ0v) is 28.0. The maximum absolute atomic E-state index is 13.8. The van der Waals surface area contributed by atoms with Crippen molar-refractivity contribution in [1.29, 1.82) is 0 Å². The Kier molecular flexibility index (Phi) is 10.7. The van der Waals surface area contributed by atoms with Gasteiger partial charge in [0.15, 0.2) is 0 Å². The molecule has 0 spiro atoms. The van der Waals surface area contributed by atoms with Crippen LogP contribution in [0.25, 0.3) is 0 Å². The van der Waals surface area contributed by atoms with Crippen LogP contribution in [0, 0.1) is 5.92 Å². The van der Waals surface area contributed by atoms with E-state index in [1.807, 2.05) is 26.1 Å². The first-order valence-corrected chi connectivity index (χ1v) is 17.2. The van der Waals surface area contributed by atoms with Gasteiger partial charge < -0.3 is 25.8 Å². The van der Waals surface area contributed by atoms with Crippen LogP contribution in [0.5, 0.6) is 5.75 Å². The van der Waals surface area contributed by atoms with Crippen LogP contribution in [0.4, 0.5) is 17.1 Å². The van der Waals surface area contributed by atoms with Crippen LogP contribution in [-0.2, 0) is 16.6 Å². The van der Waals surface area contributed by atoms with Crippen molar-refractivity contribution in [3.8, 4) is 5.75 Å². The average molecular weight is 672 g/mol. The Balaban J connectivity index is 1.32. The van der Waals surface area contributed by atoms with E-state index in [0.717, 1.165) is 5.56 Å². The molecule has 5 N–H and O–H groups in total. The van der Waals surface area contributed by atoms with E-state index in [9.17, 15) is 23.1 Å². The molecule has 1 heterocycles. The van der Waals surface area contributed by atoms with Crippen molar-refractivity contribution in [2.75, 3.05) is 42.5 Å².